The van der Waals surface area contributed by atoms with Gasteiger partial charge in [-0.3, -0.25) is 0 Å². The molecule has 3 atom stereocenters. The first-order valence-corrected chi connectivity index (χ1v) is 11.2. The molecule has 0 aromatic heterocycles. The Bertz CT molecular complexity index is 755. The van der Waals surface area contributed by atoms with Gasteiger partial charge < -0.3 is 15.2 Å². The summed E-state index contributed by atoms with van der Waals surface area (Å²) in [4.78, 5) is 0.401. The van der Waals surface area contributed by atoms with Crippen LogP contribution in [0.25, 0.3) is 0 Å². The van der Waals surface area contributed by atoms with Crippen molar-refractivity contribution in [2.24, 2.45) is 23.0 Å². The molecule has 0 heterocycles. The molecule has 164 valence electrons. The number of benzene rings is 1. The monoisotopic (exact) mass is 427 g/mol. The van der Waals surface area contributed by atoms with E-state index >= 15 is 0 Å². The smallest absolute Gasteiger partial charge is 0.119 e. The van der Waals surface area contributed by atoms with E-state index in [1.807, 2.05) is 24.3 Å². The normalized spacial score (nSPS) is 23.5. The zero-order valence-corrected chi connectivity index (χ0v) is 19.4. The van der Waals surface area contributed by atoms with E-state index < -0.39 is 0 Å². The van der Waals surface area contributed by atoms with Crippen LogP contribution in [0.15, 0.2) is 61.2 Å². The molecule has 1 saturated carbocycles. The predicted molar refractivity (Wildman–Crippen MR) is 131 cm³/mol. The lowest BCUT2D eigenvalue weighted by atomic mass is 9.61. The quantitative estimate of drug-likeness (QED) is 0.244. The molecule has 0 bridgehead atoms. The first-order chi connectivity index (χ1) is 14.3. The average Bonchev–Trinajstić information content (AvgIpc) is 2.73. The summed E-state index contributed by atoms with van der Waals surface area (Å²) < 4.78 is 11.6. The van der Waals surface area contributed by atoms with E-state index in [2.05, 4.69) is 39.7 Å². The molecule has 4 heteroatoms. The van der Waals surface area contributed by atoms with Crippen LogP contribution in [0.4, 0.5) is 0 Å². The topological polar surface area (TPSA) is 44.5 Å². The Kier molecular flexibility index (Phi) is 9.32. The molecule has 2 N–H and O–H groups in total. The third kappa shape index (κ3) is 6.82. The van der Waals surface area contributed by atoms with Crippen molar-refractivity contribution in [1.29, 1.82) is 0 Å². The van der Waals surface area contributed by atoms with Gasteiger partial charge in [0.15, 0.2) is 0 Å². The maximum Gasteiger partial charge on any atom is 0.119 e. The van der Waals surface area contributed by atoms with Crippen LogP contribution in [0.5, 0.6) is 5.75 Å². The number of rotatable bonds is 12. The molecule has 1 fully saturated rings. The fourth-order valence-corrected chi connectivity index (χ4v) is 4.38. The molecular weight excluding hydrogens is 390 g/mol. The Morgan fingerprint density at radius 1 is 1.23 bits per heavy atom. The van der Waals surface area contributed by atoms with Gasteiger partial charge in [0.2, 0.25) is 0 Å². The Balaban J connectivity index is 1.62. The van der Waals surface area contributed by atoms with Gasteiger partial charge in [-0.25, -0.2) is 0 Å². The van der Waals surface area contributed by atoms with Crippen molar-refractivity contribution >= 4 is 17.2 Å². The van der Waals surface area contributed by atoms with Crippen LogP contribution in [-0.4, -0.2) is 24.8 Å². The zero-order chi connectivity index (χ0) is 22.1. The highest BCUT2D eigenvalue weighted by Crippen LogP contribution is 2.48. The maximum atomic E-state index is 5.89. The Morgan fingerprint density at radius 2 is 1.90 bits per heavy atom. The number of nitrogens with two attached hydrogens (primary N) is 1. The van der Waals surface area contributed by atoms with Crippen molar-refractivity contribution in [1.82, 2.24) is 0 Å². The SMILES string of the molecule is C=C[C@]1(C)CC[C@@H](C(=C)COCCCCOc2ccc(C(N)=S)cc2)C[C@H]1C(=C)C. The fraction of sp³-hybridized carbons (Fsp3) is 0.500. The number of allylic oxidation sites excluding steroid dienone is 2. The van der Waals surface area contributed by atoms with Crippen LogP contribution in [0.3, 0.4) is 0 Å². The van der Waals surface area contributed by atoms with Crippen molar-refractivity contribution in [3.05, 3.63) is 66.8 Å². The van der Waals surface area contributed by atoms with Crippen molar-refractivity contribution in [3.8, 4) is 5.75 Å². The highest BCUT2D eigenvalue weighted by molar-refractivity contribution is 7.80. The second-order valence-electron chi connectivity index (χ2n) is 8.74. The third-order valence-electron chi connectivity index (χ3n) is 6.36. The third-order valence-corrected chi connectivity index (χ3v) is 6.60. The van der Waals surface area contributed by atoms with Gasteiger partial charge in [0, 0.05) is 12.2 Å². The maximum absolute atomic E-state index is 5.89. The molecule has 1 aliphatic rings. The minimum Gasteiger partial charge on any atom is -0.494 e. The van der Waals surface area contributed by atoms with E-state index in [1.165, 1.54) is 11.1 Å². The highest BCUT2D eigenvalue weighted by Gasteiger charge is 2.38. The molecule has 2 rings (SSSR count). The zero-order valence-electron chi connectivity index (χ0n) is 18.6. The molecule has 0 radical (unpaired) electrons. The van der Waals surface area contributed by atoms with Crippen LogP contribution in [0.2, 0.25) is 0 Å². The van der Waals surface area contributed by atoms with Gasteiger partial charge in [-0.2, -0.15) is 0 Å². The molecule has 30 heavy (non-hydrogen) atoms. The molecular formula is C26H37NO2S. The van der Waals surface area contributed by atoms with E-state index in [-0.39, 0.29) is 5.41 Å². The lowest BCUT2D eigenvalue weighted by Gasteiger charge is -2.43. The summed E-state index contributed by atoms with van der Waals surface area (Å²) >= 11 is 4.95. The highest BCUT2D eigenvalue weighted by atomic mass is 32.1. The van der Waals surface area contributed by atoms with Crippen molar-refractivity contribution in [2.75, 3.05) is 19.8 Å². The Labute approximate surface area is 188 Å². The van der Waals surface area contributed by atoms with Crippen LogP contribution in [-0.2, 0) is 4.74 Å². The summed E-state index contributed by atoms with van der Waals surface area (Å²) in [5, 5.41) is 0. The molecule has 0 amide bonds. The molecule has 1 aliphatic carbocycles. The van der Waals surface area contributed by atoms with E-state index in [0.717, 1.165) is 50.0 Å². The van der Waals surface area contributed by atoms with Gasteiger partial charge in [0.25, 0.3) is 0 Å². The number of unbranched alkanes of at least 4 members (excludes halogenated alkanes) is 1. The lowest BCUT2D eigenvalue weighted by molar-refractivity contribution is 0.122. The molecule has 0 unspecified atom stereocenters. The largest absolute Gasteiger partial charge is 0.494 e. The van der Waals surface area contributed by atoms with Crippen LogP contribution < -0.4 is 10.5 Å². The van der Waals surface area contributed by atoms with Gasteiger partial charge in [0.1, 0.15) is 10.7 Å². The van der Waals surface area contributed by atoms with E-state index in [0.29, 0.717) is 30.0 Å². The molecule has 0 spiro atoms. The standard InChI is InChI=1S/C26H37NO2S/c1-6-26(5)14-13-22(17-24(26)19(2)3)20(4)18-28-15-7-8-16-29-23-11-9-21(10-12-23)25(27)30/h6,9-12,22,24H,1-2,4,7-8,13-18H2,3,5H3,(H2,27,30)/t22-,24+,26-/m1/s1. The van der Waals surface area contributed by atoms with Crippen molar-refractivity contribution in [3.63, 3.8) is 0 Å². The minimum absolute atomic E-state index is 0.153. The van der Waals surface area contributed by atoms with Gasteiger partial charge in [-0.15, -0.1) is 6.58 Å². The van der Waals surface area contributed by atoms with E-state index in [1.54, 1.807) is 0 Å². The molecule has 0 aliphatic heterocycles. The summed E-state index contributed by atoms with van der Waals surface area (Å²) in [5.41, 5.74) is 9.06. The lowest BCUT2D eigenvalue weighted by Crippen LogP contribution is -2.34. The number of thiocarbonyl (C=S) groups is 1. The number of ether oxygens (including phenoxy) is 2. The fourth-order valence-electron chi connectivity index (χ4n) is 4.24. The Hall–Kier alpha value is -1.91. The van der Waals surface area contributed by atoms with Crippen LogP contribution in [0.1, 0.15) is 51.5 Å². The van der Waals surface area contributed by atoms with Crippen molar-refractivity contribution in [2.45, 2.75) is 46.0 Å². The van der Waals surface area contributed by atoms with Gasteiger partial charge in [0.05, 0.1) is 13.2 Å². The van der Waals surface area contributed by atoms with Crippen LogP contribution >= 0.6 is 12.2 Å². The first-order valence-electron chi connectivity index (χ1n) is 10.8. The number of hydrogen-bond donors (Lipinski definition) is 1. The second-order valence-corrected chi connectivity index (χ2v) is 9.18. The van der Waals surface area contributed by atoms with Crippen LogP contribution in [0, 0.1) is 17.3 Å². The molecule has 0 saturated heterocycles. The van der Waals surface area contributed by atoms with Gasteiger partial charge >= 0.3 is 0 Å². The summed E-state index contributed by atoms with van der Waals surface area (Å²) in [7, 11) is 0. The molecule has 1 aromatic rings. The predicted octanol–water partition coefficient (Wildman–Crippen LogP) is 6.24. The van der Waals surface area contributed by atoms with E-state index in [9.17, 15) is 0 Å². The number of hydrogen-bond acceptors (Lipinski definition) is 3. The minimum atomic E-state index is 0.153. The average molecular weight is 428 g/mol. The molecule has 3 nitrogen and oxygen atoms in total. The summed E-state index contributed by atoms with van der Waals surface area (Å²) in [6.07, 6.45) is 7.41. The van der Waals surface area contributed by atoms with Crippen molar-refractivity contribution < 1.29 is 9.47 Å². The summed E-state index contributed by atoms with van der Waals surface area (Å²) in [5.74, 6) is 1.81. The summed E-state index contributed by atoms with van der Waals surface area (Å²) in [6, 6.07) is 7.56. The van der Waals surface area contributed by atoms with Gasteiger partial charge in [-0.05, 0) is 86.1 Å². The summed E-state index contributed by atoms with van der Waals surface area (Å²) in [6.45, 7) is 19.1. The van der Waals surface area contributed by atoms with E-state index in [4.69, 9.17) is 27.4 Å². The Morgan fingerprint density at radius 3 is 2.50 bits per heavy atom. The second kappa shape index (κ2) is 11.5. The van der Waals surface area contributed by atoms with Gasteiger partial charge in [-0.1, -0.05) is 43.9 Å². The molecule has 1 aromatic carbocycles. The first kappa shape index (κ1) is 24.4.